The lowest BCUT2D eigenvalue weighted by Gasteiger charge is -2.35. The van der Waals surface area contributed by atoms with Gasteiger partial charge >= 0.3 is 5.97 Å². The molecule has 0 bridgehead atoms. The van der Waals surface area contributed by atoms with Crippen LogP contribution in [0, 0.1) is 11.3 Å². The quantitative estimate of drug-likeness (QED) is 0.458. The maximum Gasteiger partial charge on any atom is 0.319 e. The molecule has 1 aliphatic rings. The topological polar surface area (TPSA) is 43.4 Å². The van der Waals surface area contributed by atoms with Gasteiger partial charge in [-0.1, -0.05) is 6.92 Å². The Hall–Kier alpha value is -0.860. The molecule has 0 aliphatic heterocycles. The van der Waals surface area contributed by atoms with E-state index in [1.54, 1.807) is 6.92 Å². The molecule has 2 unspecified atom stereocenters. The van der Waals surface area contributed by atoms with Crippen LogP contribution < -0.4 is 0 Å². The van der Waals surface area contributed by atoms with Crippen molar-refractivity contribution in [3.05, 3.63) is 0 Å². The van der Waals surface area contributed by atoms with Crippen LogP contribution in [0.5, 0.6) is 0 Å². The van der Waals surface area contributed by atoms with Crippen molar-refractivity contribution in [1.29, 1.82) is 0 Å². The number of carbonyl (C=O) groups excluding carboxylic acids is 2. The second-order valence-corrected chi connectivity index (χ2v) is 3.91. The number of esters is 1. The first-order chi connectivity index (χ1) is 6.03. The van der Waals surface area contributed by atoms with Crippen LogP contribution in [-0.4, -0.2) is 18.9 Å². The fourth-order valence-electron chi connectivity index (χ4n) is 1.92. The van der Waals surface area contributed by atoms with Crippen LogP contribution in [0.2, 0.25) is 0 Å². The zero-order chi connectivity index (χ0) is 10.1. The van der Waals surface area contributed by atoms with Gasteiger partial charge in [0, 0.05) is 6.42 Å². The Morgan fingerprint density at radius 3 is 2.69 bits per heavy atom. The highest BCUT2D eigenvalue weighted by molar-refractivity contribution is 6.04. The summed E-state index contributed by atoms with van der Waals surface area (Å²) in [6.45, 7) is 3.64. The minimum absolute atomic E-state index is 0.0260. The molecule has 0 spiro atoms. The van der Waals surface area contributed by atoms with Crippen LogP contribution >= 0.6 is 0 Å². The number of ketones is 1. The highest BCUT2D eigenvalue weighted by Gasteiger charge is 2.48. The number of ether oxygens (including phenoxy) is 1. The molecule has 0 N–H and O–H groups in total. The van der Waals surface area contributed by atoms with Gasteiger partial charge in [0.05, 0.1) is 7.11 Å². The summed E-state index contributed by atoms with van der Waals surface area (Å²) in [6, 6.07) is 0. The SMILES string of the molecule is COC(=O)C1(C)C(=O)CCCC1C. The number of hydrogen-bond donors (Lipinski definition) is 0. The number of carbonyl (C=O) groups is 2. The van der Waals surface area contributed by atoms with E-state index in [0.29, 0.717) is 6.42 Å². The molecule has 0 aromatic carbocycles. The lowest BCUT2D eigenvalue weighted by Crippen LogP contribution is -2.45. The van der Waals surface area contributed by atoms with Gasteiger partial charge in [-0.25, -0.2) is 0 Å². The summed E-state index contributed by atoms with van der Waals surface area (Å²) in [5.41, 5.74) is -0.896. The monoisotopic (exact) mass is 184 g/mol. The largest absolute Gasteiger partial charge is 0.468 e. The number of hydrogen-bond acceptors (Lipinski definition) is 3. The third kappa shape index (κ3) is 1.47. The van der Waals surface area contributed by atoms with Gasteiger partial charge in [-0.05, 0) is 25.7 Å². The first kappa shape index (κ1) is 10.2. The third-order valence-electron chi connectivity index (χ3n) is 3.22. The van der Waals surface area contributed by atoms with Crippen LogP contribution in [0.15, 0.2) is 0 Å². The highest BCUT2D eigenvalue weighted by atomic mass is 16.5. The minimum atomic E-state index is -0.896. The Morgan fingerprint density at radius 2 is 2.23 bits per heavy atom. The fourth-order valence-corrected chi connectivity index (χ4v) is 1.92. The molecule has 3 heteroatoms. The van der Waals surface area contributed by atoms with Crippen LogP contribution in [0.3, 0.4) is 0 Å². The van der Waals surface area contributed by atoms with Crippen molar-refractivity contribution in [3.63, 3.8) is 0 Å². The molecule has 1 aliphatic carbocycles. The van der Waals surface area contributed by atoms with Crippen molar-refractivity contribution in [3.8, 4) is 0 Å². The van der Waals surface area contributed by atoms with Gasteiger partial charge in [-0.3, -0.25) is 9.59 Å². The zero-order valence-corrected chi connectivity index (χ0v) is 8.42. The third-order valence-corrected chi connectivity index (χ3v) is 3.22. The zero-order valence-electron chi connectivity index (χ0n) is 8.42. The van der Waals surface area contributed by atoms with Crippen molar-refractivity contribution in [2.75, 3.05) is 7.11 Å². The van der Waals surface area contributed by atoms with Crippen LogP contribution in [0.25, 0.3) is 0 Å². The summed E-state index contributed by atoms with van der Waals surface area (Å²) in [5.74, 6) is -0.260. The van der Waals surface area contributed by atoms with Crippen LogP contribution in [0.1, 0.15) is 33.1 Å². The first-order valence-electron chi connectivity index (χ1n) is 4.65. The number of rotatable bonds is 1. The van der Waals surface area contributed by atoms with Gasteiger partial charge in [-0.2, -0.15) is 0 Å². The molecule has 0 heterocycles. The summed E-state index contributed by atoms with van der Waals surface area (Å²) >= 11 is 0. The molecule has 0 saturated heterocycles. The van der Waals surface area contributed by atoms with Crippen molar-refractivity contribution in [1.82, 2.24) is 0 Å². The van der Waals surface area contributed by atoms with Crippen molar-refractivity contribution in [2.45, 2.75) is 33.1 Å². The molecule has 1 rings (SSSR count). The Balaban J connectivity index is 2.94. The molecule has 74 valence electrons. The standard InChI is InChI=1S/C10H16O3/c1-7-5-4-6-8(11)10(7,2)9(12)13-3/h7H,4-6H2,1-3H3. The van der Waals surface area contributed by atoms with Gasteiger partial charge in [0.2, 0.25) is 0 Å². The van der Waals surface area contributed by atoms with E-state index in [1.165, 1.54) is 7.11 Å². The van der Waals surface area contributed by atoms with Gasteiger partial charge in [-0.15, -0.1) is 0 Å². The van der Waals surface area contributed by atoms with E-state index in [2.05, 4.69) is 4.74 Å². The molecular formula is C10H16O3. The van der Waals surface area contributed by atoms with Crippen LogP contribution in [0.4, 0.5) is 0 Å². The Labute approximate surface area is 78.5 Å². The van der Waals surface area contributed by atoms with E-state index in [-0.39, 0.29) is 17.7 Å². The van der Waals surface area contributed by atoms with E-state index < -0.39 is 5.41 Å². The van der Waals surface area contributed by atoms with Crippen molar-refractivity contribution >= 4 is 11.8 Å². The van der Waals surface area contributed by atoms with Gasteiger partial charge < -0.3 is 4.74 Å². The normalized spacial score (nSPS) is 34.4. The molecule has 0 radical (unpaired) electrons. The number of Topliss-reactive ketones (excluding diaryl/α,β-unsaturated/α-hetero) is 1. The minimum Gasteiger partial charge on any atom is -0.468 e. The average Bonchev–Trinajstić information content (AvgIpc) is 2.12. The molecule has 1 saturated carbocycles. The van der Waals surface area contributed by atoms with E-state index >= 15 is 0 Å². The molecule has 13 heavy (non-hydrogen) atoms. The maximum atomic E-state index is 11.6. The van der Waals surface area contributed by atoms with E-state index in [1.807, 2.05) is 6.92 Å². The summed E-state index contributed by atoms with van der Waals surface area (Å²) in [5, 5.41) is 0. The Morgan fingerprint density at radius 1 is 1.62 bits per heavy atom. The predicted octanol–water partition coefficient (Wildman–Crippen LogP) is 1.55. The average molecular weight is 184 g/mol. The van der Waals surface area contributed by atoms with E-state index in [4.69, 9.17) is 0 Å². The molecule has 3 nitrogen and oxygen atoms in total. The molecule has 0 amide bonds. The van der Waals surface area contributed by atoms with Crippen LogP contribution in [-0.2, 0) is 14.3 Å². The van der Waals surface area contributed by atoms with Gasteiger partial charge in [0.25, 0.3) is 0 Å². The molecule has 0 aromatic rings. The summed E-state index contributed by atoms with van der Waals surface area (Å²) in [7, 11) is 1.34. The molecule has 1 fully saturated rings. The second-order valence-electron chi connectivity index (χ2n) is 3.91. The van der Waals surface area contributed by atoms with Crippen molar-refractivity contribution in [2.24, 2.45) is 11.3 Å². The van der Waals surface area contributed by atoms with E-state index in [9.17, 15) is 9.59 Å². The maximum absolute atomic E-state index is 11.6. The summed E-state index contributed by atoms with van der Waals surface area (Å²) in [4.78, 5) is 23.1. The molecule has 0 aromatic heterocycles. The lowest BCUT2D eigenvalue weighted by atomic mass is 9.67. The van der Waals surface area contributed by atoms with Gasteiger partial charge in [0.1, 0.15) is 11.2 Å². The predicted molar refractivity (Wildman–Crippen MR) is 48.1 cm³/mol. The number of methoxy groups -OCH3 is 1. The smallest absolute Gasteiger partial charge is 0.319 e. The Bertz CT molecular complexity index is 224. The van der Waals surface area contributed by atoms with Gasteiger partial charge in [0.15, 0.2) is 0 Å². The summed E-state index contributed by atoms with van der Waals surface area (Å²) < 4.78 is 4.67. The molecule has 2 atom stereocenters. The summed E-state index contributed by atoms with van der Waals surface area (Å²) in [6.07, 6.45) is 2.33. The fraction of sp³-hybridized carbons (Fsp3) is 0.800. The lowest BCUT2D eigenvalue weighted by molar-refractivity contribution is -0.162. The highest BCUT2D eigenvalue weighted by Crippen LogP contribution is 2.38. The second kappa shape index (κ2) is 3.48. The van der Waals surface area contributed by atoms with E-state index in [0.717, 1.165) is 12.8 Å². The van der Waals surface area contributed by atoms with Crippen molar-refractivity contribution < 1.29 is 14.3 Å². The molecular weight excluding hydrogens is 168 g/mol. The Kier molecular flexibility index (Phi) is 2.74. The first-order valence-corrected chi connectivity index (χ1v) is 4.65.